The number of carbonyl (C=O) groups excluding carboxylic acids is 1. The van der Waals surface area contributed by atoms with E-state index in [0.29, 0.717) is 24.7 Å². The zero-order chi connectivity index (χ0) is 18.9. The van der Waals surface area contributed by atoms with Gasteiger partial charge in [-0.1, -0.05) is 18.2 Å². The van der Waals surface area contributed by atoms with Crippen molar-refractivity contribution in [3.63, 3.8) is 0 Å². The summed E-state index contributed by atoms with van der Waals surface area (Å²) in [6.45, 7) is 2.72. The molecule has 0 unspecified atom stereocenters. The fourth-order valence-corrected chi connectivity index (χ4v) is 3.45. The van der Waals surface area contributed by atoms with Gasteiger partial charge in [-0.15, -0.1) is 10.2 Å². The Bertz CT molecular complexity index is 958. The van der Waals surface area contributed by atoms with Gasteiger partial charge in [0.2, 0.25) is 0 Å². The summed E-state index contributed by atoms with van der Waals surface area (Å²) in [4.78, 5) is 18.3. The third-order valence-electron chi connectivity index (χ3n) is 5.26. The van der Waals surface area contributed by atoms with Gasteiger partial charge >= 0.3 is 0 Å². The molecule has 1 saturated heterocycles. The van der Waals surface area contributed by atoms with Crippen molar-refractivity contribution in [3.8, 4) is 5.69 Å². The number of anilines is 1. The maximum Gasteiger partial charge on any atom is 0.276 e. The molecular weight excluding hydrogens is 354 g/mol. The van der Waals surface area contributed by atoms with Crippen molar-refractivity contribution in [2.45, 2.75) is 18.8 Å². The molecule has 8 heteroatoms. The molecule has 1 aliphatic carbocycles. The fourth-order valence-electron chi connectivity index (χ4n) is 3.45. The molecule has 3 heterocycles. The number of hydrogen-bond donors (Lipinski definition) is 0. The summed E-state index contributed by atoms with van der Waals surface area (Å²) in [5.74, 6) is 1.41. The smallest absolute Gasteiger partial charge is 0.276 e. The van der Waals surface area contributed by atoms with Crippen LogP contribution in [0.2, 0.25) is 0 Å². The van der Waals surface area contributed by atoms with Crippen LogP contribution in [0.1, 0.15) is 34.9 Å². The van der Waals surface area contributed by atoms with Gasteiger partial charge in [0, 0.05) is 32.1 Å². The Labute approximate surface area is 162 Å². The molecule has 0 radical (unpaired) electrons. The van der Waals surface area contributed by atoms with Crippen molar-refractivity contribution in [1.29, 1.82) is 0 Å². The zero-order valence-electron chi connectivity index (χ0n) is 15.5. The molecule has 1 aromatic carbocycles. The lowest BCUT2D eigenvalue weighted by Crippen LogP contribution is -2.49. The highest BCUT2D eigenvalue weighted by Gasteiger charge is 2.27. The van der Waals surface area contributed by atoms with E-state index in [1.54, 1.807) is 0 Å². The Morgan fingerprint density at radius 1 is 0.929 bits per heavy atom. The SMILES string of the molecule is O=C(c1cnn(-c2ccccc2)n1)N1CCN(c2ccc(C3CC3)nn2)CC1. The fraction of sp³-hybridized carbons (Fsp3) is 0.350. The number of hydrogen-bond acceptors (Lipinski definition) is 6. The molecule has 1 amide bonds. The highest BCUT2D eigenvalue weighted by molar-refractivity contribution is 5.92. The van der Waals surface area contributed by atoms with Crippen LogP contribution < -0.4 is 4.90 Å². The number of aromatic nitrogens is 5. The number of benzene rings is 1. The summed E-state index contributed by atoms with van der Waals surface area (Å²) >= 11 is 0. The molecule has 0 spiro atoms. The van der Waals surface area contributed by atoms with Crippen LogP contribution in [0.3, 0.4) is 0 Å². The van der Waals surface area contributed by atoms with Crippen molar-refractivity contribution in [2.75, 3.05) is 31.1 Å². The first kappa shape index (κ1) is 16.9. The van der Waals surface area contributed by atoms with Gasteiger partial charge in [-0.2, -0.15) is 15.0 Å². The summed E-state index contributed by atoms with van der Waals surface area (Å²) < 4.78 is 0. The Morgan fingerprint density at radius 2 is 1.71 bits per heavy atom. The molecule has 1 aliphatic heterocycles. The summed E-state index contributed by atoms with van der Waals surface area (Å²) in [5, 5.41) is 17.3. The van der Waals surface area contributed by atoms with Gasteiger partial charge in [0.1, 0.15) is 0 Å². The first-order valence-electron chi connectivity index (χ1n) is 9.63. The van der Waals surface area contributed by atoms with Crippen LogP contribution in [0.5, 0.6) is 0 Å². The minimum Gasteiger partial charge on any atom is -0.352 e. The van der Waals surface area contributed by atoms with E-state index in [9.17, 15) is 4.79 Å². The van der Waals surface area contributed by atoms with Crippen LogP contribution in [-0.4, -0.2) is 62.2 Å². The summed E-state index contributed by atoms with van der Waals surface area (Å²) in [5.41, 5.74) is 2.30. The van der Waals surface area contributed by atoms with Crippen LogP contribution in [-0.2, 0) is 0 Å². The number of amides is 1. The lowest BCUT2D eigenvalue weighted by Gasteiger charge is -2.34. The molecule has 2 aromatic heterocycles. The standard InChI is InChI=1S/C20H21N7O/c28-20(18-14-21-27(24-18)16-4-2-1-3-5-16)26-12-10-25(11-13-26)19-9-8-17(22-23-19)15-6-7-15/h1-5,8-9,14-15H,6-7,10-13H2. The maximum absolute atomic E-state index is 12.8. The van der Waals surface area contributed by atoms with Gasteiger partial charge in [-0.3, -0.25) is 4.79 Å². The van der Waals surface area contributed by atoms with Gasteiger partial charge < -0.3 is 9.80 Å². The minimum atomic E-state index is -0.0861. The second kappa shape index (κ2) is 7.03. The Hall–Kier alpha value is -3.29. The maximum atomic E-state index is 12.8. The Morgan fingerprint density at radius 3 is 2.39 bits per heavy atom. The summed E-state index contributed by atoms with van der Waals surface area (Å²) in [6, 6.07) is 13.7. The number of nitrogens with zero attached hydrogens (tertiary/aromatic N) is 7. The minimum absolute atomic E-state index is 0.0861. The van der Waals surface area contributed by atoms with E-state index in [0.717, 1.165) is 30.3 Å². The molecule has 142 valence electrons. The quantitative estimate of drug-likeness (QED) is 0.693. The Balaban J connectivity index is 1.21. The van der Waals surface area contributed by atoms with Crippen LogP contribution in [0.15, 0.2) is 48.7 Å². The van der Waals surface area contributed by atoms with Gasteiger partial charge in [-0.25, -0.2) is 0 Å². The van der Waals surface area contributed by atoms with E-state index < -0.39 is 0 Å². The number of carbonyl (C=O) groups is 1. The van der Waals surface area contributed by atoms with Crippen molar-refractivity contribution < 1.29 is 4.79 Å². The van der Waals surface area contributed by atoms with E-state index in [1.807, 2.05) is 41.3 Å². The van der Waals surface area contributed by atoms with Gasteiger partial charge in [0.25, 0.3) is 5.91 Å². The number of para-hydroxylation sites is 1. The van der Waals surface area contributed by atoms with Gasteiger partial charge in [-0.05, 0) is 37.1 Å². The summed E-state index contributed by atoms with van der Waals surface area (Å²) in [7, 11) is 0. The number of rotatable bonds is 4. The van der Waals surface area contributed by atoms with E-state index in [1.165, 1.54) is 23.8 Å². The number of piperazine rings is 1. The molecule has 0 N–H and O–H groups in total. The van der Waals surface area contributed by atoms with Crippen molar-refractivity contribution in [3.05, 3.63) is 60.0 Å². The molecule has 0 bridgehead atoms. The van der Waals surface area contributed by atoms with Crippen molar-refractivity contribution >= 4 is 11.7 Å². The molecule has 2 aliphatic rings. The van der Waals surface area contributed by atoms with Crippen molar-refractivity contribution in [1.82, 2.24) is 30.1 Å². The lowest BCUT2D eigenvalue weighted by molar-refractivity contribution is 0.0740. The largest absolute Gasteiger partial charge is 0.352 e. The van der Waals surface area contributed by atoms with Crippen LogP contribution in [0, 0.1) is 0 Å². The first-order valence-corrected chi connectivity index (χ1v) is 9.63. The van der Waals surface area contributed by atoms with E-state index in [-0.39, 0.29) is 5.91 Å². The average molecular weight is 375 g/mol. The topological polar surface area (TPSA) is 80.0 Å². The predicted octanol–water partition coefficient (Wildman–Crippen LogP) is 1.90. The molecule has 0 atom stereocenters. The van der Waals surface area contributed by atoms with E-state index in [2.05, 4.69) is 31.4 Å². The average Bonchev–Trinajstić information content (AvgIpc) is 3.50. The molecule has 8 nitrogen and oxygen atoms in total. The second-order valence-electron chi connectivity index (χ2n) is 7.22. The highest BCUT2D eigenvalue weighted by atomic mass is 16.2. The monoisotopic (exact) mass is 375 g/mol. The summed E-state index contributed by atoms with van der Waals surface area (Å²) in [6.07, 6.45) is 3.98. The van der Waals surface area contributed by atoms with Crippen molar-refractivity contribution in [2.24, 2.45) is 0 Å². The van der Waals surface area contributed by atoms with Gasteiger partial charge in [0.15, 0.2) is 11.5 Å². The van der Waals surface area contributed by atoms with Crippen LogP contribution in [0.25, 0.3) is 5.69 Å². The molecular formula is C20H21N7O. The molecule has 5 rings (SSSR count). The van der Waals surface area contributed by atoms with Crippen LogP contribution >= 0.6 is 0 Å². The first-order chi connectivity index (χ1) is 13.8. The van der Waals surface area contributed by atoms with Crippen LogP contribution in [0.4, 0.5) is 5.82 Å². The molecule has 2 fully saturated rings. The third kappa shape index (κ3) is 3.33. The predicted molar refractivity (Wildman–Crippen MR) is 103 cm³/mol. The van der Waals surface area contributed by atoms with Gasteiger partial charge in [0.05, 0.1) is 17.6 Å². The lowest BCUT2D eigenvalue weighted by atomic mass is 10.2. The molecule has 3 aromatic rings. The Kier molecular flexibility index (Phi) is 4.23. The molecule has 1 saturated carbocycles. The highest BCUT2D eigenvalue weighted by Crippen LogP contribution is 2.38. The molecule has 28 heavy (non-hydrogen) atoms. The zero-order valence-corrected chi connectivity index (χ0v) is 15.5. The third-order valence-corrected chi connectivity index (χ3v) is 5.26. The van der Waals surface area contributed by atoms with E-state index >= 15 is 0 Å². The van der Waals surface area contributed by atoms with E-state index in [4.69, 9.17) is 0 Å². The normalized spacial score (nSPS) is 17.0. The second-order valence-corrected chi connectivity index (χ2v) is 7.22.